The number of rotatable bonds is 5. The summed E-state index contributed by atoms with van der Waals surface area (Å²) in [7, 11) is 4.07. The van der Waals surface area contributed by atoms with Crippen molar-refractivity contribution in [3.8, 4) is 11.3 Å². The molecule has 1 aliphatic heterocycles. The molecular weight excluding hydrogens is 308 g/mol. The number of likely N-dealkylation sites (N-methyl/N-ethyl adjacent to an activating group) is 1. The van der Waals surface area contributed by atoms with E-state index < -0.39 is 0 Å². The van der Waals surface area contributed by atoms with Crippen LogP contribution in [0.3, 0.4) is 0 Å². The molecule has 0 fully saturated rings. The van der Waals surface area contributed by atoms with Crippen molar-refractivity contribution in [3.63, 3.8) is 0 Å². The van der Waals surface area contributed by atoms with Crippen molar-refractivity contribution in [2.75, 3.05) is 26.0 Å². The number of pyridine rings is 1. The van der Waals surface area contributed by atoms with Gasteiger partial charge in [0, 0.05) is 42.8 Å². The topological polar surface area (TPSA) is 54.2 Å². The maximum Gasteiger partial charge on any atom is 0.0758 e. The van der Waals surface area contributed by atoms with Crippen LogP contribution in [0.2, 0.25) is 0 Å². The van der Waals surface area contributed by atoms with E-state index in [0.717, 1.165) is 23.4 Å². The SMILES string of the molecule is CNc1ccc(-c2ncccc2C2C=CC=C(C)N2C)cc1CCN. The van der Waals surface area contributed by atoms with Gasteiger partial charge in [0.2, 0.25) is 0 Å². The van der Waals surface area contributed by atoms with Crippen molar-refractivity contribution in [2.45, 2.75) is 19.4 Å². The number of anilines is 1. The highest BCUT2D eigenvalue weighted by Gasteiger charge is 2.21. The lowest BCUT2D eigenvalue weighted by Crippen LogP contribution is -2.23. The zero-order valence-electron chi connectivity index (χ0n) is 15.2. The first-order chi connectivity index (χ1) is 12.2. The quantitative estimate of drug-likeness (QED) is 0.875. The molecule has 0 spiro atoms. The molecule has 0 radical (unpaired) electrons. The lowest BCUT2D eigenvalue weighted by molar-refractivity contribution is 0.356. The van der Waals surface area contributed by atoms with Crippen LogP contribution < -0.4 is 11.1 Å². The van der Waals surface area contributed by atoms with Crippen LogP contribution in [0.1, 0.15) is 24.1 Å². The van der Waals surface area contributed by atoms with Gasteiger partial charge in [0.05, 0.1) is 11.7 Å². The van der Waals surface area contributed by atoms with Gasteiger partial charge < -0.3 is 16.0 Å². The molecule has 4 nitrogen and oxygen atoms in total. The fraction of sp³-hybridized carbons (Fsp3) is 0.286. The Hall–Kier alpha value is -2.59. The van der Waals surface area contributed by atoms with Gasteiger partial charge in [-0.05, 0) is 49.7 Å². The second-order valence-corrected chi connectivity index (χ2v) is 6.35. The first-order valence-electron chi connectivity index (χ1n) is 8.69. The van der Waals surface area contributed by atoms with Gasteiger partial charge in [-0.3, -0.25) is 4.98 Å². The summed E-state index contributed by atoms with van der Waals surface area (Å²) in [5.41, 5.74) is 12.8. The van der Waals surface area contributed by atoms with Gasteiger partial charge in [0.25, 0.3) is 0 Å². The minimum absolute atomic E-state index is 0.190. The monoisotopic (exact) mass is 334 g/mol. The molecule has 0 saturated carbocycles. The Morgan fingerprint density at radius 2 is 2.12 bits per heavy atom. The largest absolute Gasteiger partial charge is 0.388 e. The molecule has 0 amide bonds. The van der Waals surface area contributed by atoms with E-state index in [1.54, 1.807) is 0 Å². The zero-order chi connectivity index (χ0) is 17.8. The molecule has 1 unspecified atom stereocenters. The second kappa shape index (κ2) is 7.53. The Morgan fingerprint density at radius 1 is 1.28 bits per heavy atom. The molecule has 130 valence electrons. The third-order valence-electron chi connectivity index (χ3n) is 4.82. The summed E-state index contributed by atoms with van der Waals surface area (Å²) in [6.45, 7) is 2.76. The van der Waals surface area contributed by atoms with Gasteiger partial charge in [-0.2, -0.15) is 0 Å². The fourth-order valence-electron chi connectivity index (χ4n) is 3.32. The zero-order valence-corrected chi connectivity index (χ0v) is 15.2. The molecule has 4 heteroatoms. The number of hydrogen-bond acceptors (Lipinski definition) is 4. The first-order valence-corrected chi connectivity index (χ1v) is 8.69. The highest BCUT2D eigenvalue weighted by Crippen LogP contribution is 2.34. The summed E-state index contributed by atoms with van der Waals surface area (Å²) in [5.74, 6) is 0. The van der Waals surface area contributed by atoms with Crippen LogP contribution in [-0.2, 0) is 6.42 Å². The predicted molar refractivity (Wildman–Crippen MR) is 105 cm³/mol. The lowest BCUT2D eigenvalue weighted by Gasteiger charge is -2.32. The molecule has 2 heterocycles. The fourth-order valence-corrected chi connectivity index (χ4v) is 3.32. The van der Waals surface area contributed by atoms with Gasteiger partial charge in [-0.1, -0.05) is 24.3 Å². The molecule has 25 heavy (non-hydrogen) atoms. The highest BCUT2D eigenvalue weighted by atomic mass is 15.1. The van der Waals surface area contributed by atoms with Crippen LogP contribution in [0.5, 0.6) is 0 Å². The Bertz CT molecular complexity index is 807. The van der Waals surface area contributed by atoms with E-state index in [1.807, 2.05) is 19.3 Å². The average Bonchev–Trinajstić information content (AvgIpc) is 2.64. The van der Waals surface area contributed by atoms with Crippen molar-refractivity contribution >= 4 is 5.69 Å². The first kappa shape index (κ1) is 17.2. The summed E-state index contributed by atoms with van der Waals surface area (Å²) >= 11 is 0. The summed E-state index contributed by atoms with van der Waals surface area (Å²) in [6.07, 6.45) is 9.19. The number of nitrogens with two attached hydrogens (primary N) is 1. The van der Waals surface area contributed by atoms with E-state index >= 15 is 0 Å². The average molecular weight is 334 g/mol. The van der Waals surface area contributed by atoms with Crippen molar-refractivity contribution in [1.82, 2.24) is 9.88 Å². The molecule has 0 saturated heterocycles. The number of aromatic nitrogens is 1. The maximum atomic E-state index is 5.79. The number of allylic oxidation sites excluding steroid dienone is 3. The van der Waals surface area contributed by atoms with Crippen molar-refractivity contribution < 1.29 is 0 Å². The van der Waals surface area contributed by atoms with Crippen LogP contribution in [0.15, 0.2) is 60.5 Å². The van der Waals surface area contributed by atoms with Crippen LogP contribution in [-0.4, -0.2) is 30.5 Å². The van der Waals surface area contributed by atoms with E-state index in [9.17, 15) is 0 Å². The molecule has 3 N–H and O–H groups in total. The van der Waals surface area contributed by atoms with Crippen LogP contribution in [0.4, 0.5) is 5.69 Å². The van der Waals surface area contributed by atoms with Gasteiger partial charge in [0.1, 0.15) is 0 Å². The Labute approximate surface area is 150 Å². The van der Waals surface area contributed by atoms with Crippen molar-refractivity contribution in [3.05, 3.63) is 71.6 Å². The van der Waals surface area contributed by atoms with Gasteiger partial charge in [-0.15, -0.1) is 0 Å². The van der Waals surface area contributed by atoms with Crippen molar-refractivity contribution in [1.29, 1.82) is 0 Å². The minimum Gasteiger partial charge on any atom is -0.388 e. The molecule has 1 aromatic carbocycles. The Kier molecular flexibility index (Phi) is 5.19. The molecule has 0 bridgehead atoms. The molecule has 1 atom stereocenters. The Morgan fingerprint density at radius 3 is 2.88 bits per heavy atom. The van der Waals surface area contributed by atoms with Crippen LogP contribution >= 0.6 is 0 Å². The number of hydrogen-bond donors (Lipinski definition) is 2. The molecule has 0 aliphatic carbocycles. The maximum absolute atomic E-state index is 5.79. The smallest absolute Gasteiger partial charge is 0.0758 e. The summed E-state index contributed by atoms with van der Waals surface area (Å²) in [4.78, 5) is 6.99. The number of nitrogens with one attached hydrogen (secondary N) is 1. The van der Waals surface area contributed by atoms with E-state index in [1.165, 1.54) is 16.8 Å². The second-order valence-electron chi connectivity index (χ2n) is 6.35. The minimum atomic E-state index is 0.190. The summed E-state index contributed by atoms with van der Waals surface area (Å²) in [6, 6.07) is 10.8. The van der Waals surface area contributed by atoms with Crippen LogP contribution in [0.25, 0.3) is 11.3 Å². The third kappa shape index (κ3) is 3.44. The number of benzene rings is 1. The van der Waals surface area contributed by atoms with E-state index in [2.05, 4.69) is 66.7 Å². The molecule has 3 rings (SSSR count). The normalized spacial score (nSPS) is 16.7. The predicted octanol–water partition coefficient (Wildman–Crippen LogP) is 3.74. The molecule has 1 aromatic heterocycles. The molecule has 2 aromatic rings. The molecular formula is C21H26N4. The molecule has 1 aliphatic rings. The van der Waals surface area contributed by atoms with Gasteiger partial charge in [-0.25, -0.2) is 0 Å². The highest BCUT2D eigenvalue weighted by molar-refractivity contribution is 5.69. The van der Waals surface area contributed by atoms with Gasteiger partial charge >= 0.3 is 0 Å². The van der Waals surface area contributed by atoms with Crippen molar-refractivity contribution in [2.24, 2.45) is 5.73 Å². The Balaban J connectivity index is 2.06. The van der Waals surface area contributed by atoms with Crippen LogP contribution in [0, 0.1) is 0 Å². The van der Waals surface area contributed by atoms with Gasteiger partial charge in [0.15, 0.2) is 0 Å². The van der Waals surface area contributed by atoms with E-state index in [-0.39, 0.29) is 6.04 Å². The number of nitrogens with zero attached hydrogens (tertiary/aromatic N) is 2. The summed E-state index contributed by atoms with van der Waals surface area (Å²) < 4.78 is 0. The van der Waals surface area contributed by atoms with E-state index in [0.29, 0.717) is 6.54 Å². The summed E-state index contributed by atoms with van der Waals surface area (Å²) in [5, 5.41) is 3.25. The van der Waals surface area contributed by atoms with E-state index in [4.69, 9.17) is 10.7 Å². The lowest BCUT2D eigenvalue weighted by atomic mass is 9.95. The third-order valence-corrected chi connectivity index (χ3v) is 4.82. The standard InChI is InChI=1S/C21H26N4/c1-15-6-4-8-20(25(15)3)18-7-5-13-24-21(18)17-9-10-19(23-2)16(14-17)11-12-22/h4-10,13-14,20,23H,11-12,22H2,1-3H3.